The zero-order valence-corrected chi connectivity index (χ0v) is 16.8. The average Bonchev–Trinajstić information content (AvgIpc) is 3.19. The molecule has 1 aromatic rings. The Kier molecular flexibility index (Phi) is 4.53. The number of anilines is 1. The van der Waals surface area contributed by atoms with Crippen molar-refractivity contribution < 1.29 is 14.3 Å². The number of nitrogens with two attached hydrogens (primary N) is 1. The minimum Gasteiger partial charge on any atom is -0.446 e. The fourth-order valence-electron chi connectivity index (χ4n) is 6.38. The topological polar surface area (TPSA) is 134 Å². The van der Waals surface area contributed by atoms with E-state index >= 15 is 0 Å². The van der Waals surface area contributed by atoms with E-state index in [4.69, 9.17) is 15.7 Å². The molecule has 4 aliphatic carbocycles. The number of nitrogens with one attached hydrogen (secondary N) is 1. The molecule has 3 atom stereocenters. The maximum Gasteiger partial charge on any atom is 0.410 e. The molecule has 4 bridgehead atoms. The summed E-state index contributed by atoms with van der Waals surface area (Å²) in [6, 6.07) is 5.34. The van der Waals surface area contributed by atoms with E-state index in [1.807, 2.05) is 6.07 Å². The van der Waals surface area contributed by atoms with Gasteiger partial charge in [-0.1, -0.05) is 0 Å². The summed E-state index contributed by atoms with van der Waals surface area (Å²) in [6.45, 7) is 1.16. The number of nitriles is 1. The van der Waals surface area contributed by atoms with Gasteiger partial charge in [-0.2, -0.15) is 5.26 Å². The molecule has 4 saturated carbocycles. The minimum absolute atomic E-state index is 0.0661. The van der Waals surface area contributed by atoms with Gasteiger partial charge in [0.1, 0.15) is 18.0 Å². The predicted octanol–water partition coefficient (Wildman–Crippen LogP) is 1.65. The smallest absolute Gasteiger partial charge is 0.410 e. The van der Waals surface area contributed by atoms with Crippen LogP contribution in [-0.2, 0) is 9.53 Å². The van der Waals surface area contributed by atoms with Gasteiger partial charge >= 0.3 is 6.09 Å². The Morgan fingerprint density at radius 1 is 1.23 bits per heavy atom. The third-order valence-electron chi connectivity index (χ3n) is 7.52. The van der Waals surface area contributed by atoms with Crippen molar-refractivity contribution in [3.63, 3.8) is 0 Å². The van der Waals surface area contributed by atoms with Crippen LogP contribution in [0.3, 0.4) is 0 Å². The zero-order chi connectivity index (χ0) is 20.9. The standard InChI is InChI=1S/C21H26N6O3/c22-10-15-1-2-17(26-25-15)24-16-3-4-27(11-16)20(29)30-18-13-5-12-6-14(18)9-21(7-12,8-13)19(23)28/h1-2,12-14,16,18H,3-9,11H2,(H2,23,28)(H,24,26)/t12?,13?,14?,16-,18-,21-/m1/s1. The molecule has 9 nitrogen and oxygen atoms in total. The highest BCUT2D eigenvalue weighted by Gasteiger charge is 2.59. The van der Waals surface area contributed by atoms with E-state index in [0.29, 0.717) is 24.8 Å². The Labute approximate surface area is 174 Å². The second-order valence-corrected chi connectivity index (χ2v) is 9.45. The number of primary amides is 1. The van der Waals surface area contributed by atoms with Crippen molar-refractivity contribution in [1.82, 2.24) is 15.1 Å². The summed E-state index contributed by atoms with van der Waals surface area (Å²) in [5, 5.41) is 19.9. The van der Waals surface area contributed by atoms with Crippen LogP contribution in [0.15, 0.2) is 12.1 Å². The molecule has 2 heterocycles. The molecule has 158 valence electrons. The van der Waals surface area contributed by atoms with E-state index < -0.39 is 0 Å². The summed E-state index contributed by atoms with van der Waals surface area (Å²) in [4.78, 5) is 26.7. The number of hydrogen-bond acceptors (Lipinski definition) is 7. The number of aromatic nitrogens is 2. The Hall–Kier alpha value is -2.89. The Morgan fingerprint density at radius 3 is 2.63 bits per heavy atom. The van der Waals surface area contributed by atoms with Crippen LogP contribution in [0.4, 0.5) is 10.6 Å². The van der Waals surface area contributed by atoms with Gasteiger partial charge in [-0.15, -0.1) is 10.2 Å². The maximum atomic E-state index is 12.9. The summed E-state index contributed by atoms with van der Waals surface area (Å²) < 4.78 is 6.01. The SMILES string of the molecule is N#Cc1ccc(N[C@@H]2CCN(C(=O)O[C@H]3C4CC5CC3C[C@](C(N)=O)(C5)C4)C2)nn1. The molecule has 0 radical (unpaired) electrons. The molecule has 1 aliphatic heterocycles. The first-order valence-electron chi connectivity index (χ1n) is 10.7. The number of amides is 2. The van der Waals surface area contributed by atoms with Gasteiger partial charge in [0, 0.05) is 19.1 Å². The second kappa shape index (κ2) is 7.11. The molecule has 1 saturated heterocycles. The highest BCUT2D eigenvalue weighted by atomic mass is 16.6. The first kappa shape index (κ1) is 19.1. The highest BCUT2D eigenvalue weighted by molar-refractivity contribution is 5.81. The molecule has 30 heavy (non-hydrogen) atoms. The van der Waals surface area contributed by atoms with Gasteiger partial charge in [0.05, 0.1) is 5.41 Å². The number of nitrogens with zero attached hydrogens (tertiary/aromatic N) is 4. The molecule has 0 spiro atoms. The van der Waals surface area contributed by atoms with Crippen molar-refractivity contribution >= 4 is 17.8 Å². The molecule has 3 N–H and O–H groups in total. The number of carbonyl (C=O) groups is 2. The molecule has 2 amide bonds. The first-order valence-corrected chi connectivity index (χ1v) is 10.7. The van der Waals surface area contributed by atoms with Crippen LogP contribution in [0, 0.1) is 34.5 Å². The van der Waals surface area contributed by atoms with Crippen LogP contribution in [0.1, 0.15) is 44.2 Å². The fraction of sp³-hybridized carbons (Fsp3) is 0.667. The van der Waals surface area contributed by atoms with Crippen LogP contribution in [0.5, 0.6) is 0 Å². The normalized spacial score (nSPS) is 36.4. The third-order valence-corrected chi connectivity index (χ3v) is 7.52. The lowest BCUT2D eigenvalue weighted by atomic mass is 9.48. The van der Waals surface area contributed by atoms with E-state index in [9.17, 15) is 9.59 Å². The van der Waals surface area contributed by atoms with Gasteiger partial charge in [0.2, 0.25) is 5.91 Å². The largest absolute Gasteiger partial charge is 0.446 e. The van der Waals surface area contributed by atoms with E-state index in [1.54, 1.807) is 17.0 Å². The van der Waals surface area contributed by atoms with E-state index in [-0.39, 0.29) is 47.1 Å². The number of hydrogen-bond donors (Lipinski definition) is 2. The summed E-state index contributed by atoms with van der Waals surface area (Å²) in [6.07, 6.45) is 4.92. The van der Waals surface area contributed by atoms with Gasteiger partial charge in [-0.25, -0.2) is 4.79 Å². The molecule has 6 rings (SSSR count). The van der Waals surface area contributed by atoms with Crippen molar-refractivity contribution in [3.05, 3.63) is 17.8 Å². The zero-order valence-electron chi connectivity index (χ0n) is 16.8. The van der Waals surface area contributed by atoms with Gasteiger partial charge in [0.25, 0.3) is 0 Å². The monoisotopic (exact) mass is 410 g/mol. The fourth-order valence-corrected chi connectivity index (χ4v) is 6.38. The first-order chi connectivity index (χ1) is 14.5. The van der Waals surface area contributed by atoms with Crippen molar-refractivity contribution in [1.29, 1.82) is 5.26 Å². The molecule has 9 heteroatoms. The molecule has 1 aromatic heterocycles. The number of likely N-dealkylation sites (tertiary alicyclic amines) is 1. The molecule has 5 aliphatic rings. The predicted molar refractivity (Wildman–Crippen MR) is 106 cm³/mol. The molecule has 2 unspecified atom stereocenters. The Balaban J connectivity index is 1.18. The lowest BCUT2D eigenvalue weighted by Gasteiger charge is -2.58. The van der Waals surface area contributed by atoms with E-state index in [0.717, 1.165) is 38.5 Å². The molecular formula is C21H26N6O3. The summed E-state index contributed by atoms with van der Waals surface area (Å²) >= 11 is 0. The van der Waals surface area contributed by atoms with E-state index in [1.165, 1.54) is 0 Å². The number of rotatable bonds is 4. The third kappa shape index (κ3) is 3.24. The second-order valence-electron chi connectivity index (χ2n) is 9.45. The van der Waals surface area contributed by atoms with E-state index in [2.05, 4.69) is 15.5 Å². The number of carbonyl (C=O) groups excluding carboxylic acids is 2. The van der Waals surface area contributed by atoms with Gasteiger partial charge in [0.15, 0.2) is 5.69 Å². The van der Waals surface area contributed by atoms with Gasteiger partial charge in [-0.3, -0.25) is 4.79 Å². The van der Waals surface area contributed by atoms with Crippen LogP contribution in [0.2, 0.25) is 0 Å². The van der Waals surface area contributed by atoms with Crippen LogP contribution >= 0.6 is 0 Å². The Bertz CT molecular complexity index is 881. The minimum atomic E-state index is -0.371. The summed E-state index contributed by atoms with van der Waals surface area (Å²) in [7, 11) is 0. The van der Waals surface area contributed by atoms with Crippen LogP contribution in [-0.4, -0.2) is 52.3 Å². The molecule has 5 fully saturated rings. The Morgan fingerprint density at radius 2 is 2.00 bits per heavy atom. The van der Waals surface area contributed by atoms with Crippen LogP contribution < -0.4 is 11.1 Å². The van der Waals surface area contributed by atoms with Gasteiger partial charge in [-0.05, 0) is 68.4 Å². The maximum absolute atomic E-state index is 12.9. The summed E-state index contributed by atoms with van der Waals surface area (Å²) in [5.74, 6) is 1.45. The van der Waals surface area contributed by atoms with Crippen molar-refractivity contribution in [2.24, 2.45) is 28.9 Å². The lowest BCUT2D eigenvalue weighted by molar-refractivity contribution is -0.161. The summed E-state index contributed by atoms with van der Waals surface area (Å²) in [5.41, 5.74) is 5.64. The lowest BCUT2D eigenvalue weighted by Crippen LogP contribution is -2.59. The average molecular weight is 410 g/mol. The quantitative estimate of drug-likeness (QED) is 0.770. The van der Waals surface area contributed by atoms with Crippen molar-refractivity contribution in [2.45, 2.75) is 50.7 Å². The molecule has 0 aromatic carbocycles. The van der Waals surface area contributed by atoms with Crippen molar-refractivity contribution in [3.8, 4) is 6.07 Å². The van der Waals surface area contributed by atoms with Gasteiger partial charge < -0.3 is 20.7 Å². The van der Waals surface area contributed by atoms with Crippen molar-refractivity contribution in [2.75, 3.05) is 18.4 Å². The number of ether oxygens (including phenoxy) is 1. The molecular weight excluding hydrogens is 384 g/mol. The highest BCUT2D eigenvalue weighted by Crippen LogP contribution is 2.60. The van der Waals surface area contributed by atoms with Crippen LogP contribution in [0.25, 0.3) is 0 Å².